The van der Waals surface area contributed by atoms with Crippen molar-refractivity contribution in [1.29, 1.82) is 0 Å². The van der Waals surface area contributed by atoms with Crippen LogP contribution < -0.4 is 10.1 Å². The number of nitrogens with one attached hydrogen (secondary N) is 1. The first-order valence-corrected chi connectivity index (χ1v) is 10.7. The summed E-state index contributed by atoms with van der Waals surface area (Å²) in [5, 5.41) is 15.5. The minimum absolute atomic E-state index is 0.127. The summed E-state index contributed by atoms with van der Waals surface area (Å²) in [6.45, 7) is 2.00. The number of hydrogen-bond acceptors (Lipinski definition) is 6. The fourth-order valence-corrected chi connectivity index (χ4v) is 3.80. The van der Waals surface area contributed by atoms with Gasteiger partial charge in [0.25, 0.3) is 0 Å². The Morgan fingerprint density at radius 3 is 2.65 bits per heavy atom. The Morgan fingerprint density at radius 1 is 1.00 bits per heavy atom. The van der Waals surface area contributed by atoms with Crippen molar-refractivity contribution < 1.29 is 9.53 Å². The van der Waals surface area contributed by atoms with E-state index in [0.29, 0.717) is 23.2 Å². The van der Waals surface area contributed by atoms with Crippen LogP contribution in [0.2, 0.25) is 0 Å². The molecule has 0 saturated carbocycles. The molecule has 4 aromatic rings. The first kappa shape index (κ1) is 20.6. The van der Waals surface area contributed by atoms with Gasteiger partial charge in [0, 0.05) is 18.4 Å². The molecule has 0 aliphatic heterocycles. The van der Waals surface area contributed by atoms with E-state index in [1.165, 1.54) is 18.7 Å². The van der Waals surface area contributed by atoms with E-state index in [1.54, 1.807) is 4.68 Å². The molecule has 31 heavy (non-hydrogen) atoms. The summed E-state index contributed by atoms with van der Waals surface area (Å²) in [6.07, 6.45) is 0. The number of thioether (sulfide) groups is 1. The molecule has 0 unspecified atom stereocenters. The summed E-state index contributed by atoms with van der Waals surface area (Å²) in [4.78, 5) is 11.3. The van der Waals surface area contributed by atoms with Crippen LogP contribution in [0.4, 0.5) is 5.69 Å². The molecule has 4 rings (SSSR count). The quantitative estimate of drug-likeness (QED) is 0.414. The smallest absolute Gasteiger partial charge is 0.221 e. The molecular weight excluding hydrogens is 410 g/mol. The van der Waals surface area contributed by atoms with Gasteiger partial charge in [-0.2, -0.15) is 4.68 Å². The number of nitrogens with zero attached hydrogens (tertiary/aromatic N) is 4. The van der Waals surface area contributed by atoms with Gasteiger partial charge in [-0.05, 0) is 51.9 Å². The zero-order chi connectivity index (χ0) is 21.5. The maximum Gasteiger partial charge on any atom is 0.221 e. The second-order valence-electron chi connectivity index (χ2n) is 6.82. The minimum atomic E-state index is -0.127. The Balaban J connectivity index is 1.42. The molecule has 156 valence electrons. The Bertz CT molecular complexity index is 1160. The summed E-state index contributed by atoms with van der Waals surface area (Å²) < 4.78 is 7.58. The van der Waals surface area contributed by atoms with Crippen molar-refractivity contribution in [2.45, 2.75) is 24.4 Å². The highest BCUT2D eigenvalue weighted by atomic mass is 32.2. The Labute approximate surface area is 184 Å². The van der Waals surface area contributed by atoms with Crippen molar-refractivity contribution in [3.63, 3.8) is 0 Å². The lowest BCUT2D eigenvalue weighted by Crippen LogP contribution is -2.07. The first-order chi connectivity index (χ1) is 15.2. The summed E-state index contributed by atoms with van der Waals surface area (Å²) >= 11 is 1.53. The Kier molecular flexibility index (Phi) is 6.59. The number of carbonyl (C=O) groups excluding carboxylic acids is 1. The molecule has 0 atom stereocenters. The molecule has 1 amide bonds. The molecule has 7 nitrogen and oxygen atoms in total. The molecule has 0 radical (unpaired) electrons. The average Bonchev–Trinajstić information content (AvgIpc) is 3.26. The van der Waals surface area contributed by atoms with Gasteiger partial charge in [0.1, 0.15) is 12.4 Å². The molecule has 8 heteroatoms. The predicted octanol–water partition coefficient (Wildman–Crippen LogP) is 4.49. The Morgan fingerprint density at radius 2 is 1.81 bits per heavy atom. The number of hydrogen-bond donors (Lipinski definition) is 1. The number of benzene rings is 3. The lowest BCUT2D eigenvalue weighted by molar-refractivity contribution is -0.114. The number of rotatable bonds is 8. The highest BCUT2D eigenvalue weighted by molar-refractivity contribution is 7.98. The van der Waals surface area contributed by atoms with Crippen molar-refractivity contribution in [3.05, 3.63) is 90.0 Å². The van der Waals surface area contributed by atoms with Gasteiger partial charge in [-0.15, -0.1) is 5.10 Å². The molecule has 0 fully saturated rings. The lowest BCUT2D eigenvalue weighted by atomic mass is 10.2. The number of carbonyl (C=O) groups is 1. The second kappa shape index (κ2) is 9.90. The molecule has 1 heterocycles. The van der Waals surface area contributed by atoms with Gasteiger partial charge in [-0.3, -0.25) is 4.79 Å². The monoisotopic (exact) mass is 431 g/mol. The van der Waals surface area contributed by atoms with E-state index < -0.39 is 0 Å². The van der Waals surface area contributed by atoms with Crippen LogP contribution in [0.15, 0.2) is 84.0 Å². The second-order valence-corrected chi connectivity index (χ2v) is 7.76. The van der Waals surface area contributed by atoms with Crippen LogP contribution in [0.5, 0.6) is 5.75 Å². The third-order valence-electron chi connectivity index (χ3n) is 4.37. The van der Waals surface area contributed by atoms with E-state index in [9.17, 15) is 4.79 Å². The van der Waals surface area contributed by atoms with Crippen molar-refractivity contribution >= 4 is 23.4 Å². The molecule has 0 bridgehead atoms. The topological polar surface area (TPSA) is 81.9 Å². The van der Waals surface area contributed by atoms with E-state index in [1.807, 2.05) is 78.9 Å². The third-order valence-corrected chi connectivity index (χ3v) is 5.36. The van der Waals surface area contributed by atoms with Gasteiger partial charge in [0.15, 0.2) is 0 Å². The van der Waals surface area contributed by atoms with E-state index in [4.69, 9.17) is 4.74 Å². The molecule has 0 aliphatic carbocycles. The third kappa shape index (κ3) is 5.70. The molecule has 0 spiro atoms. The molecule has 1 aromatic heterocycles. The van der Waals surface area contributed by atoms with Gasteiger partial charge in [0.2, 0.25) is 11.1 Å². The highest BCUT2D eigenvalue weighted by Crippen LogP contribution is 2.25. The van der Waals surface area contributed by atoms with Gasteiger partial charge < -0.3 is 10.1 Å². The Hall–Kier alpha value is -3.65. The standard InChI is InChI=1S/C23H21N5O2S/c1-17(29)24-20-10-6-11-21(14-20)28-23(25-26-27-28)31-16-19-9-5-12-22(13-19)30-15-18-7-3-2-4-8-18/h2-14H,15-16H2,1H3,(H,24,29). The molecule has 0 aliphatic rings. The number of amides is 1. The van der Waals surface area contributed by atoms with Gasteiger partial charge in [-0.25, -0.2) is 0 Å². The van der Waals surface area contributed by atoms with Crippen LogP contribution in [0, 0.1) is 0 Å². The zero-order valence-electron chi connectivity index (χ0n) is 16.9. The summed E-state index contributed by atoms with van der Waals surface area (Å²) in [5.41, 5.74) is 3.71. The van der Waals surface area contributed by atoms with Gasteiger partial charge in [0.05, 0.1) is 5.69 Å². The van der Waals surface area contributed by atoms with Crippen LogP contribution in [0.25, 0.3) is 5.69 Å². The summed E-state index contributed by atoms with van der Waals surface area (Å²) in [6, 6.07) is 25.5. The normalized spacial score (nSPS) is 10.6. The predicted molar refractivity (Wildman–Crippen MR) is 120 cm³/mol. The molecular formula is C23H21N5O2S. The highest BCUT2D eigenvalue weighted by Gasteiger charge is 2.10. The van der Waals surface area contributed by atoms with E-state index in [-0.39, 0.29) is 5.91 Å². The number of anilines is 1. The van der Waals surface area contributed by atoms with Crippen LogP contribution in [0.3, 0.4) is 0 Å². The lowest BCUT2D eigenvalue weighted by Gasteiger charge is -2.09. The minimum Gasteiger partial charge on any atom is -0.489 e. The zero-order valence-corrected chi connectivity index (χ0v) is 17.7. The van der Waals surface area contributed by atoms with Crippen molar-refractivity contribution in [2.75, 3.05) is 5.32 Å². The number of tetrazole rings is 1. The van der Waals surface area contributed by atoms with Crippen molar-refractivity contribution in [2.24, 2.45) is 0 Å². The largest absolute Gasteiger partial charge is 0.489 e. The summed E-state index contributed by atoms with van der Waals surface area (Å²) in [5.74, 6) is 1.39. The van der Waals surface area contributed by atoms with E-state index >= 15 is 0 Å². The van der Waals surface area contributed by atoms with Crippen LogP contribution in [0.1, 0.15) is 18.1 Å². The van der Waals surface area contributed by atoms with E-state index in [2.05, 4.69) is 20.8 Å². The van der Waals surface area contributed by atoms with Crippen molar-refractivity contribution in [1.82, 2.24) is 20.2 Å². The average molecular weight is 432 g/mol. The molecule has 0 saturated heterocycles. The molecule has 1 N–H and O–H groups in total. The maximum absolute atomic E-state index is 11.3. The maximum atomic E-state index is 11.3. The fraction of sp³-hybridized carbons (Fsp3) is 0.130. The van der Waals surface area contributed by atoms with Crippen LogP contribution >= 0.6 is 11.8 Å². The van der Waals surface area contributed by atoms with Gasteiger partial charge >= 0.3 is 0 Å². The number of aromatic nitrogens is 4. The van der Waals surface area contributed by atoms with Crippen molar-refractivity contribution in [3.8, 4) is 11.4 Å². The van der Waals surface area contributed by atoms with E-state index in [0.717, 1.165) is 22.6 Å². The number of ether oxygens (including phenoxy) is 1. The van der Waals surface area contributed by atoms with Crippen LogP contribution in [-0.2, 0) is 17.2 Å². The molecule has 3 aromatic carbocycles. The first-order valence-electron chi connectivity index (χ1n) is 9.72. The van der Waals surface area contributed by atoms with Crippen LogP contribution in [-0.4, -0.2) is 26.1 Å². The summed E-state index contributed by atoms with van der Waals surface area (Å²) in [7, 11) is 0. The van der Waals surface area contributed by atoms with Gasteiger partial charge in [-0.1, -0.05) is 60.3 Å². The SMILES string of the molecule is CC(=O)Nc1cccc(-n2nnnc2SCc2cccc(OCc3ccccc3)c2)c1. The fourth-order valence-electron chi connectivity index (χ4n) is 2.96.